The van der Waals surface area contributed by atoms with E-state index >= 15 is 0 Å². The number of rotatable bonds is 2. The molecule has 2 nitrogen and oxygen atoms in total. The highest BCUT2D eigenvalue weighted by Crippen LogP contribution is 2.24. The standard InChI is InChI=1S/C8H6F4O2S/c1-2-15(13,14)8-6(11)4(9)3-5(10)7(8)12/h3H,2H2,1H3. The van der Waals surface area contributed by atoms with Gasteiger partial charge in [0.2, 0.25) is 0 Å². The van der Waals surface area contributed by atoms with Crippen molar-refractivity contribution in [1.82, 2.24) is 0 Å². The van der Waals surface area contributed by atoms with Crippen LogP contribution in [0.2, 0.25) is 0 Å². The van der Waals surface area contributed by atoms with E-state index in [2.05, 4.69) is 0 Å². The third kappa shape index (κ3) is 1.97. The van der Waals surface area contributed by atoms with E-state index in [0.717, 1.165) is 6.92 Å². The summed E-state index contributed by atoms with van der Waals surface area (Å²) in [5.41, 5.74) is 0. The van der Waals surface area contributed by atoms with Crippen LogP contribution in [0.5, 0.6) is 0 Å². The highest BCUT2D eigenvalue weighted by atomic mass is 32.2. The Hall–Kier alpha value is -1.11. The molecular weight excluding hydrogens is 236 g/mol. The van der Waals surface area contributed by atoms with Crippen LogP contribution in [0.1, 0.15) is 6.92 Å². The van der Waals surface area contributed by atoms with Crippen LogP contribution in [-0.2, 0) is 9.84 Å². The first-order valence-electron chi connectivity index (χ1n) is 3.87. The number of hydrogen-bond donors (Lipinski definition) is 0. The lowest BCUT2D eigenvalue weighted by atomic mass is 10.3. The number of sulfone groups is 1. The molecule has 15 heavy (non-hydrogen) atoms. The minimum atomic E-state index is -4.33. The summed E-state index contributed by atoms with van der Waals surface area (Å²) >= 11 is 0. The van der Waals surface area contributed by atoms with Crippen molar-refractivity contribution in [2.45, 2.75) is 11.8 Å². The predicted octanol–water partition coefficient (Wildman–Crippen LogP) is 2.04. The quantitative estimate of drug-likeness (QED) is 0.587. The van der Waals surface area contributed by atoms with Gasteiger partial charge in [-0.25, -0.2) is 26.0 Å². The molecule has 1 aromatic carbocycles. The molecule has 0 saturated heterocycles. The van der Waals surface area contributed by atoms with E-state index in [1.807, 2.05) is 0 Å². The van der Waals surface area contributed by atoms with Gasteiger partial charge in [-0.2, -0.15) is 0 Å². The summed E-state index contributed by atoms with van der Waals surface area (Å²) in [6, 6.07) is -0.0423. The molecule has 0 N–H and O–H groups in total. The summed E-state index contributed by atoms with van der Waals surface area (Å²) in [7, 11) is -4.33. The topological polar surface area (TPSA) is 34.1 Å². The van der Waals surface area contributed by atoms with Gasteiger partial charge in [0.05, 0.1) is 5.75 Å². The van der Waals surface area contributed by atoms with Gasteiger partial charge in [0, 0.05) is 6.07 Å². The molecule has 84 valence electrons. The molecule has 1 aromatic rings. The van der Waals surface area contributed by atoms with Crippen molar-refractivity contribution >= 4 is 9.84 Å². The zero-order chi connectivity index (χ0) is 11.8. The summed E-state index contributed by atoms with van der Waals surface area (Å²) in [5, 5.41) is 0. The molecule has 0 heterocycles. The Bertz CT molecular complexity index is 470. The van der Waals surface area contributed by atoms with Crippen LogP contribution < -0.4 is 0 Å². The van der Waals surface area contributed by atoms with Crippen molar-refractivity contribution in [1.29, 1.82) is 0 Å². The van der Waals surface area contributed by atoms with E-state index in [1.165, 1.54) is 0 Å². The first kappa shape index (κ1) is 12.0. The number of hydrogen-bond acceptors (Lipinski definition) is 2. The zero-order valence-corrected chi connectivity index (χ0v) is 8.34. The monoisotopic (exact) mass is 242 g/mol. The Kier molecular flexibility index (Phi) is 3.03. The maximum atomic E-state index is 13.0. The fourth-order valence-electron chi connectivity index (χ4n) is 0.969. The van der Waals surface area contributed by atoms with Gasteiger partial charge in [-0.3, -0.25) is 0 Å². The van der Waals surface area contributed by atoms with Crippen molar-refractivity contribution < 1.29 is 26.0 Å². The molecule has 0 aliphatic rings. The van der Waals surface area contributed by atoms with Gasteiger partial charge in [-0.1, -0.05) is 6.92 Å². The second-order valence-electron chi connectivity index (χ2n) is 2.70. The van der Waals surface area contributed by atoms with E-state index in [-0.39, 0.29) is 6.07 Å². The minimum Gasteiger partial charge on any atom is -0.223 e. The normalized spacial score (nSPS) is 11.8. The lowest BCUT2D eigenvalue weighted by Crippen LogP contribution is -2.12. The SMILES string of the molecule is CCS(=O)(=O)c1c(F)c(F)cc(F)c1F. The van der Waals surface area contributed by atoms with Crippen LogP contribution in [0, 0.1) is 23.3 Å². The molecule has 0 radical (unpaired) electrons. The Morgan fingerprint density at radius 2 is 1.47 bits per heavy atom. The average Bonchev–Trinajstić information content (AvgIpc) is 2.15. The Labute approximate surface area is 83.4 Å². The van der Waals surface area contributed by atoms with Crippen LogP contribution >= 0.6 is 0 Å². The van der Waals surface area contributed by atoms with E-state index in [1.54, 1.807) is 0 Å². The molecule has 7 heteroatoms. The number of benzene rings is 1. The fraction of sp³-hybridized carbons (Fsp3) is 0.250. The Balaban J connectivity index is 3.68. The largest absolute Gasteiger partial charge is 0.223 e. The molecule has 0 amide bonds. The van der Waals surface area contributed by atoms with Crippen molar-refractivity contribution in [3.63, 3.8) is 0 Å². The molecular formula is C8H6F4O2S. The predicted molar refractivity (Wildman–Crippen MR) is 44.0 cm³/mol. The summed E-state index contributed by atoms with van der Waals surface area (Å²) in [5.74, 6) is -7.91. The average molecular weight is 242 g/mol. The smallest absolute Gasteiger partial charge is 0.184 e. The van der Waals surface area contributed by atoms with Gasteiger partial charge in [0.15, 0.2) is 33.1 Å². The van der Waals surface area contributed by atoms with Gasteiger partial charge >= 0.3 is 0 Å². The van der Waals surface area contributed by atoms with Crippen molar-refractivity contribution in [3.8, 4) is 0 Å². The first-order valence-corrected chi connectivity index (χ1v) is 5.52. The summed E-state index contributed by atoms with van der Waals surface area (Å²) < 4.78 is 73.5. The lowest BCUT2D eigenvalue weighted by Gasteiger charge is -2.05. The van der Waals surface area contributed by atoms with E-state index in [0.29, 0.717) is 0 Å². The summed E-state index contributed by atoms with van der Waals surface area (Å²) in [6.45, 7) is 1.11. The highest BCUT2D eigenvalue weighted by molar-refractivity contribution is 7.91. The summed E-state index contributed by atoms with van der Waals surface area (Å²) in [4.78, 5) is -1.55. The van der Waals surface area contributed by atoms with Gasteiger partial charge in [-0.05, 0) is 0 Å². The second kappa shape index (κ2) is 3.80. The Morgan fingerprint density at radius 3 is 1.80 bits per heavy atom. The highest BCUT2D eigenvalue weighted by Gasteiger charge is 2.28. The molecule has 0 fully saturated rings. The van der Waals surface area contributed by atoms with E-state index in [9.17, 15) is 26.0 Å². The van der Waals surface area contributed by atoms with E-state index in [4.69, 9.17) is 0 Å². The molecule has 0 aliphatic heterocycles. The van der Waals surface area contributed by atoms with Crippen molar-refractivity contribution in [2.24, 2.45) is 0 Å². The van der Waals surface area contributed by atoms with Crippen molar-refractivity contribution in [3.05, 3.63) is 29.3 Å². The molecule has 0 saturated carbocycles. The van der Waals surface area contributed by atoms with Gasteiger partial charge in [0.25, 0.3) is 0 Å². The van der Waals surface area contributed by atoms with Gasteiger partial charge in [0.1, 0.15) is 4.90 Å². The van der Waals surface area contributed by atoms with Gasteiger partial charge < -0.3 is 0 Å². The molecule has 1 rings (SSSR count). The van der Waals surface area contributed by atoms with Crippen LogP contribution in [-0.4, -0.2) is 14.2 Å². The minimum absolute atomic E-state index is 0.0423. The molecule has 0 unspecified atom stereocenters. The molecule has 0 bridgehead atoms. The van der Waals surface area contributed by atoms with Crippen LogP contribution in [0.15, 0.2) is 11.0 Å². The molecule has 0 aliphatic carbocycles. The second-order valence-corrected chi connectivity index (χ2v) is 4.92. The lowest BCUT2D eigenvalue weighted by molar-refractivity contribution is 0.419. The molecule has 0 aromatic heterocycles. The fourth-order valence-corrected chi connectivity index (χ4v) is 2.00. The van der Waals surface area contributed by atoms with Crippen molar-refractivity contribution in [2.75, 3.05) is 5.75 Å². The Morgan fingerprint density at radius 1 is 1.07 bits per heavy atom. The third-order valence-electron chi connectivity index (χ3n) is 1.76. The van der Waals surface area contributed by atoms with Crippen LogP contribution in [0.25, 0.3) is 0 Å². The van der Waals surface area contributed by atoms with Crippen LogP contribution in [0.3, 0.4) is 0 Å². The number of halogens is 4. The zero-order valence-electron chi connectivity index (χ0n) is 7.52. The van der Waals surface area contributed by atoms with Gasteiger partial charge in [-0.15, -0.1) is 0 Å². The van der Waals surface area contributed by atoms with Crippen LogP contribution in [0.4, 0.5) is 17.6 Å². The molecule has 0 spiro atoms. The first-order chi connectivity index (χ1) is 6.81. The maximum Gasteiger partial charge on any atom is 0.184 e. The molecule has 0 atom stereocenters. The third-order valence-corrected chi connectivity index (χ3v) is 3.50. The van der Waals surface area contributed by atoms with E-state index < -0.39 is 43.8 Å². The summed E-state index contributed by atoms with van der Waals surface area (Å²) in [6.07, 6.45) is 0. The maximum absolute atomic E-state index is 13.0.